The maximum atomic E-state index is 12.3. The molecule has 1 atom stereocenters. The number of hydrogen-bond acceptors (Lipinski definition) is 5. The Labute approximate surface area is 163 Å². The largest absolute Gasteiger partial charge is 0.444 e. The molecule has 7 heteroatoms. The predicted molar refractivity (Wildman–Crippen MR) is 103 cm³/mol. The molecule has 3 N–H and O–H groups in total. The number of carbonyl (C=O) groups excluding carboxylic acids is 3. The summed E-state index contributed by atoms with van der Waals surface area (Å²) in [6.45, 7) is 5.59. The molecule has 2 aromatic carbocycles. The van der Waals surface area contributed by atoms with E-state index in [2.05, 4.69) is 5.32 Å². The van der Waals surface area contributed by atoms with Crippen LogP contribution in [-0.2, 0) is 20.8 Å². The van der Waals surface area contributed by atoms with Crippen molar-refractivity contribution in [3.63, 3.8) is 0 Å². The first-order valence-electron chi connectivity index (χ1n) is 8.77. The van der Waals surface area contributed by atoms with Crippen LogP contribution in [0.4, 0.5) is 4.79 Å². The first-order chi connectivity index (χ1) is 13.2. The Bertz CT molecular complexity index is 826. The van der Waals surface area contributed by atoms with Crippen molar-refractivity contribution in [3.05, 3.63) is 71.3 Å². The van der Waals surface area contributed by atoms with Crippen LogP contribution >= 0.6 is 0 Å². The third kappa shape index (κ3) is 6.42. The molecule has 148 valence electrons. The minimum absolute atomic E-state index is 0.248. The van der Waals surface area contributed by atoms with Crippen LogP contribution in [0.1, 0.15) is 48.4 Å². The summed E-state index contributed by atoms with van der Waals surface area (Å²) in [6.07, 6.45) is -1.69. The number of rotatable bonds is 6. The lowest BCUT2D eigenvalue weighted by molar-refractivity contribution is -0.127. The summed E-state index contributed by atoms with van der Waals surface area (Å²) < 4.78 is 10.4. The predicted octanol–water partition coefficient (Wildman–Crippen LogP) is 3.09. The Morgan fingerprint density at radius 1 is 1.00 bits per heavy atom. The van der Waals surface area contributed by atoms with Crippen LogP contribution in [0.25, 0.3) is 0 Å². The van der Waals surface area contributed by atoms with Crippen molar-refractivity contribution in [3.8, 4) is 0 Å². The molecule has 0 heterocycles. The maximum Gasteiger partial charge on any atom is 0.407 e. The number of nitrogens with two attached hydrogens (primary N) is 1. The number of ether oxygens (including phenoxy) is 2. The molecule has 0 unspecified atom stereocenters. The smallest absolute Gasteiger partial charge is 0.407 e. The second-order valence-corrected chi connectivity index (χ2v) is 7.15. The van der Waals surface area contributed by atoms with Crippen molar-refractivity contribution in [2.75, 3.05) is 0 Å². The molecule has 0 radical (unpaired) electrons. The van der Waals surface area contributed by atoms with Gasteiger partial charge >= 0.3 is 12.1 Å². The lowest BCUT2D eigenvalue weighted by atomic mass is 10.1. The molecule has 7 nitrogen and oxygen atoms in total. The van der Waals surface area contributed by atoms with E-state index in [0.717, 1.165) is 5.56 Å². The van der Waals surface area contributed by atoms with Crippen LogP contribution in [0.2, 0.25) is 0 Å². The van der Waals surface area contributed by atoms with Gasteiger partial charge in [-0.2, -0.15) is 0 Å². The zero-order chi connectivity index (χ0) is 20.7. The average molecular weight is 384 g/mol. The lowest BCUT2D eigenvalue weighted by Gasteiger charge is -2.19. The molecular weight excluding hydrogens is 360 g/mol. The van der Waals surface area contributed by atoms with Gasteiger partial charge in [-0.1, -0.05) is 42.5 Å². The molecule has 28 heavy (non-hydrogen) atoms. The molecular formula is C21H24N2O5. The average Bonchev–Trinajstić information content (AvgIpc) is 2.63. The van der Waals surface area contributed by atoms with Crippen LogP contribution in [0, 0.1) is 0 Å². The molecule has 0 aromatic heterocycles. The molecule has 2 rings (SSSR count). The number of amides is 2. The fraction of sp³-hybridized carbons (Fsp3) is 0.286. The minimum Gasteiger partial charge on any atom is -0.444 e. The zero-order valence-corrected chi connectivity index (χ0v) is 16.1. The van der Waals surface area contributed by atoms with E-state index in [-0.39, 0.29) is 12.1 Å². The molecule has 2 amide bonds. The standard InChI is InChI=1S/C21H24N2O5/c1-21(2,3)28-20(26)23-13-14-9-11-16(12-10-14)19(25)27-17(18(22)24)15-7-5-4-6-8-15/h4-12,17H,13H2,1-3H3,(H2,22,24)(H,23,26)/t17-/m1/s1. The van der Waals surface area contributed by atoms with E-state index >= 15 is 0 Å². The summed E-state index contributed by atoms with van der Waals surface area (Å²) in [5.74, 6) is -1.42. The SMILES string of the molecule is CC(C)(C)OC(=O)NCc1ccc(C(=O)O[C@@H](C(N)=O)c2ccccc2)cc1. The highest BCUT2D eigenvalue weighted by Gasteiger charge is 2.23. The molecule has 0 saturated carbocycles. The van der Waals surface area contributed by atoms with Gasteiger partial charge in [-0.3, -0.25) is 4.79 Å². The van der Waals surface area contributed by atoms with Crippen molar-refractivity contribution >= 4 is 18.0 Å². The van der Waals surface area contributed by atoms with Gasteiger partial charge in [0.05, 0.1) is 5.56 Å². The minimum atomic E-state index is -1.16. The van der Waals surface area contributed by atoms with E-state index in [1.165, 1.54) is 0 Å². The fourth-order valence-corrected chi connectivity index (χ4v) is 2.34. The molecule has 0 bridgehead atoms. The number of benzene rings is 2. The van der Waals surface area contributed by atoms with E-state index in [1.807, 2.05) is 0 Å². The molecule has 0 aliphatic carbocycles. The Hall–Kier alpha value is -3.35. The van der Waals surface area contributed by atoms with Gasteiger partial charge in [0.25, 0.3) is 5.91 Å². The van der Waals surface area contributed by atoms with Crippen LogP contribution in [-0.4, -0.2) is 23.6 Å². The van der Waals surface area contributed by atoms with Crippen molar-refractivity contribution in [2.24, 2.45) is 5.73 Å². The molecule has 2 aromatic rings. The van der Waals surface area contributed by atoms with Crippen molar-refractivity contribution < 1.29 is 23.9 Å². The zero-order valence-electron chi connectivity index (χ0n) is 16.1. The lowest BCUT2D eigenvalue weighted by Crippen LogP contribution is -2.32. The van der Waals surface area contributed by atoms with Gasteiger partial charge in [0.15, 0.2) is 0 Å². The third-order valence-corrected chi connectivity index (χ3v) is 3.61. The number of hydrogen-bond donors (Lipinski definition) is 2. The summed E-state index contributed by atoms with van der Waals surface area (Å²) in [5, 5.41) is 2.63. The summed E-state index contributed by atoms with van der Waals surface area (Å²) in [4.78, 5) is 35.7. The molecule has 0 spiro atoms. The summed E-state index contributed by atoms with van der Waals surface area (Å²) in [5.41, 5.74) is 6.33. The van der Waals surface area contributed by atoms with Gasteiger partial charge in [0, 0.05) is 12.1 Å². The highest BCUT2D eigenvalue weighted by molar-refractivity contribution is 5.92. The number of esters is 1. The van der Waals surface area contributed by atoms with Crippen LogP contribution in [0.5, 0.6) is 0 Å². The van der Waals surface area contributed by atoms with E-state index in [9.17, 15) is 14.4 Å². The highest BCUT2D eigenvalue weighted by atomic mass is 16.6. The van der Waals surface area contributed by atoms with E-state index in [0.29, 0.717) is 5.56 Å². The second kappa shape index (κ2) is 9.03. The Morgan fingerprint density at radius 2 is 1.61 bits per heavy atom. The number of carbonyl (C=O) groups is 3. The first kappa shape index (κ1) is 21.0. The second-order valence-electron chi connectivity index (χ2n) is 7.15. The van der Waals surface area contributed by atoms with Gasteiger partial charge < -0.3 is 20.5 Å². The highest BCUT2D eigenvalue weighted by Crippen LogP contribution is 2.19. The Morgan fingerprint density at radius 3 is 2.14 bits per heavy atom. The van der Waals surface area contributed by atoms with Gasteiger partial charge in [-0.25, -0.2) is 9.59 Å². The normalized spacial score (nSPS) is 12.0. The summed E-state index contributed by atoms with van der Waals surface area (Å²) in [6, 6.07) is 15.0. The monoisotopic (exact) mass is 384 g/mol. The maximum absolute atomic E-state index is 12.3. The van der Waals surface area contributed by atoms with Crippen LogP contribution in [0.15, 0.2) is 54.6 Å². The van der Waals surface area contributed by atoms with Crippen molar-refractivity contribution in [2.45, 2.75) is 39.0 Å². The van der Waals surface area contributed by atoms with Gasteiger partial charge in [0.2, 0.25) is 6.10 Å². The van der Waals surface area contributed by atoms with Crippen molar-refractivity contribution in [1.82, 2.24) is 5.32 Å². The Kier molecular flexibility index (Phi) is 6.76. The van der Waals surface area contributed by atoms with E-state index < -0.39 is 29.7 Å². The fourth-order valence-electron chi connectivity index (χ4n) is 2.34. The number of primary amides is 1. The topological polar surface area (TPSA) is 108 Å². The quantitative estimate of drug-likeness (QED) is 0.744. The number of alkyl carbamates (subject to hydrolysis) is 1. The van der Waals surface area contributed by atoms with E-state index in [4.69, 9.17) is 15.2 Å². The van der Waals surface area contributed by atoms with Crippen molar-refractivity contribution in [1.29, 1.82) is 0 Å². The number of nitrogens with one attached hydrogen (secondary N) is 1. The summed E-state index contributed by atoms with van der Waals surface area (Å²) >= 11 is 0. The van der Waals surface area contributed by atoms with E-state index in [1.54, 1.807) is 75.4 Å². The Balaban J connectivity index is 1.97. The van der Waals surface area contributed by atoms with Gasteiger partial charge in [0.1, 0.15) is 5.60 Å². The molecule has 0 saturated heterocycles. The molecule has 0 aliphatic rings. The third-order valence-electron chi connectivity index (χ3n) is 3.61. The van der Waals surface area contributed by atoms with Crippen LogP contribution < -0.4 is 11.1 Å². The molecule has 0 aliphatic heterocycles. The van der Waals surface area contributed by atoms with Crippen LogP contribution in [0.3, 0.4) is 0 Å². The summed E-state index contributed by atoms with van der Waals surface area (Å²) in [7, 11) is 0. The first-order valence-corrected chi connectivity index (χ1v) is 8.77. The van der Waals surface area contributed by atoms with Gasteiger partial charge in [-0.05, 0) is 38.5 Å². The molecule has 0 fully saturated rings. The van der Waals surface area contributed by atoms with Gasteiger partial charge in [-0.15, -0.1) is 0 Å².